The van der Waals surface area contributed by atoms with Crippen molar-refractivity contribution >= 4 is 89.2 Å². The number of carbonyl (C=O) groups excluding carboxylic acids is 9. The molecular formula is C71H103F12N9O22S. The number of halogens is 12. The van der Waals surface area contributed by atoms with Crippen LogP contribution in [0.25, 0.3) is 0 Å². The Hall–Kier alpha value is -9.30. The van der Waals surface area contributed by atoms with Crippen molar-refractivity contribution in [2.24, 2.45) is 0 Å². The lowest BCUT2D eigenvalue weighted by Crippen LogP contribution is -2.51. The van der Waals surface area contributed by atoms with E-state index >= 15 is 0 Å². The normalized spacial score (nSPS) is 14.9. The monoisotopic (exact) mass is 1690 g/mol. The number of hydrogen-bond acceptors (Lipinski definition) is 23. The lowest BCUT2D eigenvalue weighted by atomic mass is 9.93. The van der Waals surface area contributed by atoms with Crippen molar-refractivity contribution in [3.8, 4) is 0 Å². The molecule has 2 aromatic rings. The molecule has 1 saturated heterocycles. The number of ether oxygens (including phenoxy) is 5. The van der Waals surface area contributed by atoms with Crippen LogP contribution in [0, 0.1) is 0 Å². The molecule has 2 aliphatic heterocycles. The highest BCUT2D eigenvalue weighted by molar-refractivity contribution is 7.98. The summed E-state index contributed by atoms with van der Waals surface area (Å²) in [4.78, 5) is 166. The molecule has 2 heterocycles. The number of alkyl halides is 12. The minimum absolute atomic E-state index is 0.00445. The van der Waals surface area contributed by atoms with Gasteiger partial charge in [0.1, 0.15) is 41.1 Å². The third-order valence-corrected chi connectivity index (χ3v) is 15.2. The smallest absolute Gasteiger partial charge is 0.475 e. The fourth-order valence-electron chi connectivity index (χ4n) is 9.54. The van der Waals surface area contributed by atoms with Gasteiger partial charge in [-0.15, -0.1) is 0 Å². The third-order valence-electron chi connectivity index (χ3n) is 14.5. The van der Waals surface area contributed by atoms with Crippen LogP contribution in [-0.4, -0.2) is 292 Å². The fourth-order valence-corrected chi connectivity index (χ4v) is 10.0. The van der Waals surface area contributed by atoms with Gasteiger partial charge in [-0.2, -0.15) is 64.4 Å². The summed E-state index contributed by atoms with van der Waals surface area (Å²) in [6.45, 7) is 25.0. The summed E-state index contributed by atoms with van der Waals surface area (Å²) in [6.07, 6.45) is -17.3. The zero-order chi connectivity index (χ0) is 88.8. The van der Waals surface area contributed by atoms with Gasteiger partial charge in [0, 0.05) is 77.6 Å². The van der Waals surface area contributed by atoms with Crippen LogP contribution in [0.15, 0.2) is 48.5 Å². The van der Waals surface area contributed by atoms with E-state index in [-0.39, 0.29) is 64.6 Å². The van der Waals surface area contributed by atoms with Crippen LogP contribution in [0.3, 0.4) is 0 Å². The van der Waals surface area contributed by atoms with Crippen LogP contribution >= 0.6 is 11.8 Å². The van der Waals surface area contributed by atoms with Crippen molar-refractivity contribution in [2.45, 2.75) is 188 Å². The highest BCUT2D eigenvalue weighted by Gasteiger charge is 2.41. The zero-order valence-electron chi connectivity index (χ0n) is 65.9. The number of benzene rings is 2. The topological polar surface area (TPSA) is 413 Å². The number of thioether (sulfide) groups is 1. The number of esters is 4. The van der Waals surface area contributed by atoms with Gasteiger partial charge in [0.2, 0.25) is 17.7 Å². The Morgan fingerprint density at radius 3 is 1.23 bits per heavy atom. The molecule has 4 rings (SSSR count). The second-order valence-electron chi connectivity index (χ2n) is 29.2. The first kappa shape index (κ1) is 106. The Morgan fingerprint density at radius 2 is 0.861 bits per heavy atom. The van der Waals surface area contributed by atoms with E-state index in [0.29, 0.717) is 89.5 Å². The molecule has 654 valence electrons. The number of rotatable bonds is 25. The molecule has 5 amide bonds. The van der Waals surface area contributed by atoms with Gasteiger partial charge in [-0.1, -0.05) is 42.5 Å². The molecule has 2 aliphatic rings. The highest BCUT2D eigenvalue weighted by atomic mass is 32.2. The SMILES string of the molecule is CSCC[C@H](NC(=O)c1cccc2c1CCN(C(=O)CN1CCN(CC(=O)OC(C)(C)C)CCN(CC(=O)OC(C)(C)C)CCN(CC(=O)OC(C)(C)C)CC1)C2)C(=O)NCC(=O)N[C@@H](CCCCNC(=O)OCc1ccccc1)C(=O)OC(C)(C)C.O=C(O)C(F)(F)F.O=C(O)C(F)(F)F.O=C(O)C(F)(F)F.O=C(O)C(F)(F)F. The minimum Gasteiger partial charge on any atom is -0.475 e. The van der Waals surface area contributed by atoms with E-state index < -0.39 is 137 Å². The molecule has 2 aromatic carbocycles. The Kier molecular flexibility index (Phi) is 45.0. The predicted molar refractivity (Wildman–Crippen MR) is 387 cm³/mol. The zero-order valence-corrected chi connectivity index (χ0v) is 66.7. The van der Waals surface area contributed by atoms with Crippen molar-refractivity contribution in [3.05, 3.63) is 70.8 Å². The van der Waals surface area contributed by atoms with E-state index in [1.807, 2.05) is 125 Å². The number of fused-ring (bicyclic) bond motifs is 1. The van der Waals surface area contributed by atoms with E-state index in [1.54, 1.807) is 37.8 Å². The van der Waals surface area contributed by atoms with Crippen LogP contribution < -0.4 is 21.3 Å². The highest BCUT2D eigenvalue weighted by Crippen LogP contribution is 2.25. The van der Waals surface area contributed by atoms with Crippen molar-refractivity contribution in [2.75, 3.05) is 110 Å². The number of aliphatic carboxylic acids is 4. The number of carboxylic acid groups (broad SMARTS) is 4. The van der Waals surface area contributed by atoms with Gasteiger partial charge in [-0.05, 0) is 150 Å². The van der Waals surface area contributed by atoms with E-state index in [9.17, 15) is 95.8 Å². The number of nitrogens with zero attached hydrogens (tertiary/aromatic N) is 5. The first-order chi connectivity index (χ1) is 52.5. The summed E-state index contributed by atoms with van der Waals surface area (Å²) in [6, 6.07) is 12.5. The number of nitrogens with one attached hydrogen (secondary N) is 4. The summed E-state index contributed by atoms with van der Waals surface area (Å²) >= 11 is 1.49. The summed E-state index contributed by atoms with van der Waals surface area (Å²) in [7, 11) is 0. The van der Waals surface area contributed by atoms with E-state index in [0.717, 1.165) is 16.7 Å². The van der Waals surface area contributed by atoms with E-state index in [4.69, 9.17) is 63.3 Å². The second kappa shape index (κ2) is 48.9. The molecule has 44 heteroatoms. The van der Waals surface area contributed by atoms with Crippen LogP contribution in [0.5, 0.6) is 0 Å². The first-order valence-corrected chi connectivity index (χ1v) is 36.6. The molecule has 1 fully saturated rings. The molecule has 2 atom stereocenters. The standard InChI is InChI=1S/C63H99N9O14S.4C2HF3O2/c1-60(2,3)83-53(75)41-69-31-29-68(30-32-70(42-54(76)84-61(4,5)6)34-36-71(35-33-69)43-55(77)85-62(7,8)9)40-52(74)72-28-25-47-46(39-72)22-19-23-48(47)56(78)67-49(26-37-87-13)57(79)65-38-51(73)66-50(58(80)86-63(10,11)12)24-17-18-27-64-59(81)82-44-45-20-15-14-16-21-45;4*3-2(4,5)1(6)7/h14-16,19-23,49-50H,17-18,24-44H2,1-13H3,(H,64,81)(H,65,79)(H,66,73)(H,67,78);4*(H,6,7)/t49-,50-;;;;/m0..../s1. The van der Waals surface area contributed by atoms with Gasteiger partial charge < -0.3 is 70.3 Å². The van der Waals surface area contributed by atoms with Crippen molar-refractivity contribution in [3.63, 3.8) is 0 Å². The number of amides is 5. The van der Waals surface area contributed by atoms with Crippen molar-refractivity contribution in [1.82, 2.24) is 45.8 Å². The van der Waals surface area contributed by atoms with Crippen LogP contribution in [0.1, 0.15) is 136 Å². The summed E-state index contributed by atoms with van der Waals surface area (Å²) < 4.78 is 155. The van der Waals surface area contributed by atoms with Gasteiger partial charge >= 0.3 is 78.6 Å². The number of unbranched alkanes of at least 4 members (excludes halogenated alkanes) is 1. The maximum atomic E-state index is 14.4. The Labute approximate surface area is 660 Å². The van der Waals surface area contributed by atoms with E-state index in [2.05, 4.69) is 21.3 Å². The average molecular weight is 1690 g/mol. The molecule has 0 spiro atoms. The molecule has 0 unspecified atom stereocenters. The lowest BCUT2D eigenvalue weighted by molar-refractivity contribution is -0.193. The number of carboxylic acids is 4. The van der Waals surface area contributed by atoms with E-state index in [1.165, 1.54) is 11.8 Å². The second-order valence-corrected chi connectivity index (χ2v) is 30.2. The van der Waals surface area contributed by atoms with Crippen molar-refractivity contribution < 1.29 is 159 Å². The maximum absolute atomic E-state index is 14.4. The molecule has 0 radical (unpaired) electrons. The van der Waals surface area contributed by atoms with Gasteiger partial charge in [0.15, 0.2) is 0 Å². The molecule has 0 aliphatic carbocycles. The Morgan fingerprint density at radius 1 is 0.470 bits per heavy atom. The minimum atomic E-state index is -5.08. The molecule has 31 nitrogen and oxygen atoms in total. The third kappa shape index (κ3) is 50.6. The molecule has 0 aromatic heterocycles. The number of carbonyl (C=O) groups is 13. The largest absolute Gasteiger partial charge is 0.490 e. The maximum Gasteiger partial charge on any atom is 0.490 e. The molecule has 0 saturated carbocycles. The molecule has 0 bridgehead atoms. The summed E-state index contributed by atoms with van der Waals surface area (Å²) in [5.41, 5.74) is -0.209. The Bertz CT molecular complexity index is 3350. The Balaban J connectivity index is 0.00000392. The quantitative estimate of drug-likeness (QED) is 0.0210. The van der Waals surface area contributed by atoms with Gasteiger partial charge in [-0.25, -0.2) is 28.8 Å². The summed E-state index contributed by atoms with van der Waals surface area (Å²) in [5.74, 6) is -14.2. The van der Waals surface area contributed by atoms with Gasteiger partial charge in [0.25, 0.3) is 5.91 Å². The predicted octanol–water partition coefficient (Wildman–Crippen LogP) is 7.24. The van der Waals surface area contributed by atoms with Crippen LogP contribution in [0.4, 0.5) is 57.5 Å². The number of alkyl carbamates (subject to hydrolysis) is 1. The molecule has 8 N–H and O–H groups in total. The fraction of sp³-hybridized carbons (Fsp3) is 0.648. The van der Waals surface area contributed by atoms with Crippen molar-refractivity contribution in [1.29, 1.82) is 0 Å². The van der Waals surface area contributed by atoms with Crippen LogP contribution in [0.2, 0.25) is 0 Å². The van der Waals surface area contributed by atoms with Gasteiger partial charge in [-0.3, -0.25) is 53.2 Å². The average Bonchev–Trinajstić information content (AvgIpc) is 0.795. The lowest BCUT2D eigenvalue weighted by Gasteiger charge is -2.35. The van der Waals surface area contributed by atoms with Crippen LogP contribution in [-0.2, 0) is 96.0 Å². The number of hydrogen-bond donors (Lipinski definition) is 8. The first-order valence-electron chi connectivity index (χ1n) is 35.2. The summed E-state index contributed by atoms with van der Waals surface area (Å²) in [5, 5.41) is 39.4. The molecular weight excluding hydrogens is 1590 g/mol. The molecule has 115 heavy (non-hydrogen) atoms. The van der Waals surface area contributed by atoms with Gasteiger partial charge in [0.05, 0.1) is 32.7 Å².